The third kappa shape index (κ3) is 2.72. The fraction of sp³-hybridized carbons (Fsp3) is 0.455. The molecule has 0 amide bonds. The zero-order chi connectivity index (χ0) is 10.6. The van der Waals surface area contributed by atoms with Crippen molar-refractivity contribution in [3.8, 4) is 5.75 Å². The normalized spacial score (nSPS) is 14.9. The lowest BCUT2D eigenvalue weighted by atomic mass is 10.0. The van der Waals surface area contributed by atoms with Gasteiger partial charge < -0.3 is 16.2 Å². The Morgan fingerprint density at radius 1 is 1.29 bits per heavy atom. The Bertz CT molecular complexity index is 286. The van der Waals surface area contributed by atoms with Crippen LogP contribution in [0.25, 0.3) is 0 Å². The molecule has 3 nitrogen and oxygen atoms in total. The van der Waals surface area contributed by atoms with Crippen molar-refractivity contribution in [2.45, 2.75) is 25.4 Å². The highest BCUT2D eigenvalue weighted by Gasteiger charge is 2.12. The van der Waals surface area contributed by atoms with Crippen LogP contribution in [-0.2, 0) is 0 Å². The van der Waals surface area contributed by atoms with E-state index in [2.05, 4.69) is 0 Å². The zero-order valence-electron chi connectivity index (χ0n) is 8.73. The number of benzene rings is 1. The van der Waals surface area contributed by atoms with Crippen molar-refractivity contribution in [3.05, 3.63) is 29.8 Å². The van der Waals surface area contributed by atoms with Gasteiger partial charge in [-0.3, -0.25) is 0 Å². The maximum atomic E-state index is 6.01. The van der Waals surface area contributed by atoms with Gasteiger partial charge in [-0.15, -0.1) is 0 Å². The van der Waals surface area contributed by atoms with E-state index in [0.29, 0.717) is 0 Å². The lowest BCUT2D eigenvalue weighted by molar-refractivity contribution is 0.402. The van der Waals surface area contributed by atoms with Crippen molar-refractivity contribution in [1.82, 2.24) is 0 Å². The van der Waals surface area contributed by atoms with Crippen molar-refractivity contribution in [2.24, 2.45) is 11.5 Å². The van der Waals surface area contributed by atoms with Crippen LogP contribution in [0.5, 0.6) is 5.75 Å². The van der Waals surface area contributed by atoms with Crippen molar-refractivity contribution in [3.63, 3.8) is 0 Å². The van der Waals surface area contributed by atoms with E-state index >= 15 is 0 Å². The van der Waals surface area contributed by atoms with E-state index in [1.165, 1.54) is 0 Å². The first-order chi connectivity index (χ1) is 6.65. The van der Waals surface area contributed by atoms with Crippen molar-refractivity contribution in [2.75, 3.05) is 7.11 Å². The number of para-hydroxylation sites is 1. The van der Waals surface area contributed by atoms with Crippen LogP contribution < -0.4 is 16.2 Å². The molecule has 0 aliphatic carbocycles. The molecule has 0 aliphatic rings. The van der Waals surface area contributed by atoms with Crippen LogP contribution in [0, 0.1) is 0 Å². The summed E-state index contributed by atoms with van der Waals surface area (Å²) in [5.74, 6) is 0.834. The second-order valence-corrected chi connectivity index (χ2v) is 3.56. The monoisotopic (exact) mass is 194 g/mol. The first-order valence-electron chi connectivity index (χ1n) is 4.79. The van der Waals surface area contributed by atoms with Gasteiger partial charge in [0.1, 0.15) is 5.75 Å². The Hall–Kier alpha value is -1.06. The summed E-state index contributed by atoms with van der Waals surface area (Å²) in [6.45, 7) is 1.95. The number of hydrogen-bond acceptors (Lipinski definition) is 3. The summed E-state index contributed by atoms with van der Waals surface area (Å²) in [4.78, 5) is 0. The van der Waals surface area contributed by atoms with Gasteiger partial charge >= 0.3 is 0 Å². The van der Waals surface area contributed by atoms with Gasteiger partial charge in [0.2, 0.25) is 0 Å². The molecule has 2 unspecified atom stereocenters. The molecule has 0 saturated carbocycles. The van der Waals surface area contributed by atoms with E-state index in [1.54, 1.807) is 7.11 Å². The molecular formula is C11H18N2O. The fourth-order valence-corrected chi connectivity index (χ4v) is 1.50. The Morgan fingerprint density at radius 3 is 2.50 bits per heavy atom. The first-order valence-corrected chi connectivity index (χ1v) is 4.79. The van der Waals surface area contributed by atoms with E-state index in [0.717, 1.165) is 17.7 Å². The van der Waals surface area contributed by atoms with E-state index in [4.69, 9.17) is 16.2 Å². The van der Waals surface area contributed by atoms with Gasteiger partial charge in [0.25, 0.3) is 0 Å². The van der Waals surface area contributed by atoms with Crippen molar-refractivity contribution in [1.29, 1.82) is 0 Å². The van der Waals surface area contributed by atoms with E-state index in [-0.39, 0.29) is 12.1 Å². The van der Waals surface area contributed by atoms with Crippen LogP contribution in [-0.4, -0.2) is 13.2 Å². The summed E-state index contributed by atoms with van der Waals surface area (Å²) >= 11 is 0. The van der Waals surface area contributed by atoms with Crippen molar-refractivity contribution >= 4 is 0 Å². The maximum Gasteiger partial charge on any atom is 0.123 e. The van der Waals surface area contributed by atoms with Crippen LogP contribution in [0.2, 0.25) is 0 Å². The van der Waals surface area contributed by atoms with Crippen LogP contribution in [0.15, 0.2) is 24.3 Å². The Balaban J connectivity index is 2.82. The summed E-state index contributed by atoms with van der Waals surface area (Å²) in [7, 11) is 1.65. The lowest BCUT2D eigenvalue weighted by Crippen LogP contribution is -2.23. The highest BCUT2D eigenvalue weighted by molar-refractivity contribution is 5.35. The summed E-state index contributed by atoms with van der Waals surface area (Å²) < 4.78 is 5.23. The molecule has 2 atom stereocenters. The Labute approximate surface area is 85.0 Å². The lowest BCUT2D eigenvalue weighted by Gasteiger charge is -2.17. The molecule has 78 valence electrons. The van der Waals surface area contributed by atoms with E-state index in [9.17, 15) is 0 Å². The van der Waals surface area contributed by atoms with E-state index < -0.39 is 0 Å². The molecular weight excluding hydrogens is 176 g/mol. The van der Waals surface area contributed by atoms with Gasteiger partial charge in [-0.2, -0.15) is 0 Å². The molecule has 0 fully saturated rings. The number of hydrogen-bond donors (Lipinski definition) is 2. The highest BCUT2D eigenvalue weighted by atomic mass is 16.5. The van der Waals surface area contributed by atoms with Gasteiger partial charge in [0, 0.05) is 17.6 Å². The molecule has 4 N–H and O–H groups in total. The quantitative estimate of drug-likeness (QED) is 0.762. The second kappa shape index (κ2) is 4.98. The van der Waals surface area contributed by atoms with Crippen LogP contribution >= 0.6 is 0 Å². The zero-order valence-corrected chi connectivity index (χ0v) is 8.73. The maximum absolute atomic E-state index is 6.01. The van der Waals surface area contributed by atoms with Gasteiger partial charge in [-0.25, -0.2) is 0 Å². The topological polar surface area (TPSA) is 61.3 Å². The molecule has 1 aromatic carbocycles. The molecule has 0 aliphatic heterocycles. The number of rotatable bonds is 4. The van der Waals surface area contributed by atoms with Gasteiger partial charge in [0.15, 0.2) is 0 Å². The Kier molecular flexibility index (Phi) is 3.92. The third-order valence-corrected chi connectivity index (χ3v) is 2.16. The molecule has 14 heavy (non-hydrogen) atoms. The highest BCUT2D eigenvalue weighted by Crippen LogP contribution is 2.25. The van der Waals surface area contributed by atoms with E-state index in [1.807, 2.05) is 31.2 Å². The number of ether oxygens (including phenoxy) is 1. The number of nitrogens with two attached hydrogens (primary N) is 2. The largest absolute Gasteiger partial charge is 0.496 e. The second-order valence-electron chi connectivity index (χ2n) is 3.56. The summed E-state index contributed by atoms with van der Waals surface area (Å²) in [5, 5.41) is 0. The van der Waals surface area contributed by atoms with Gasteiger partial charge in [0.05, 0.1) is 7.11 Å². The number of methoxy groups -OCH3 is 1. The fourth-order valence-electron chi connectivity index (χ4n) is 1.50. The van der Waals surface area contributed by atoms with Crippen LogP contribution in [0.1, 0.15) is 24.9 Å². The average molecular weight is 194 g/mol. The molecule has 0 heterocycles. The first kappa shape index (κ1) is 11.0. The molecule has 0 spiro atoms. The molecule has 3 heteroatoms. The molecule has 0 aromatic heterocycles. The molecule has 0 radical (unpaired) electrons. The van der Waals surface area contributed by atoms with Crippen LogP contribution in [0.3, 0.4) is 0 Å². The molecule has 1 aromatic rings. The summed E-state index contributed by atoms with van der Waals surface area (Å²) in [5.41, 5.74) is 12.7. The predicted octanol–water partition coefficient (Wildman–Crippen LogP) is 1.43. The Morgan fingerprint density at radius 2 is 1.93 bits per heavy atom. The third-order valence-electron chi connectivity index (χ3n) is 2.16. The minimum absolute atomic E-state index is 0.0499. The minimum Gasteiger partial charge on any atom is -0.496 e. The summed E-state index contributed by atoms with van der Waals surface area (Å²) in [6.07, 6.45) is 0.764. The van der Waals surface area contributed by atoms with Crippen LogP contribution in [0.4, 0.5) is 0 Å². The molecule has 1 rings (SSSR count). The molecule has 0 saturated heterocycles. The van der Waals surface area contributed by atoms with Crippen molar-refractivity contribution < 1.29 is 4.74 Å². The standard InChI is InChI=1S/C11H18N2O/c1-8(12)7-10(13)9-5-3-4-6-11(9)14-2/h3-6,8,10H,7,12-13H2,1-2H3. The average Bonchev–Trinajstić information content (AvgIpc) is 2.16. The molecule has 0 bridgehead atoms. The summed E-state index contributed by atoms with van der Waals surface area (Å²) in [6, 6.07) is 7.84. The predicted molar refractivity (Wildman–Crippen MR) is 58.2 cm³/mol. The van der Waals surface area contributed by atoms with Gasteiger partial charge in [-0.05, 0) is 19.4 Å². The minimum atomic E-state index is -0.0499. The SMILES string of the molecule is COc1ccccc1C(N)CC(C)N. The smallest absolute Gasteiger partial charge is 0.123 e. The van der Waals surface area contributed by atoms with Gasteiger partial charge in [-0.1, -0.05) is 18.2 Å².